The van der Waals surface area contributed by atoms with Crippen LogP contribution in [0.25, 0.3) is 0 Å². The molecule has 450 valence electrons. The van der Waals surface area contributed by atoms with Crippen LogP contribution < -0.4 is 5.32 Å². The van der Waals surface area contributed by atoms with Crippen LogP contribution in [0.4, 0.5) is 0 Å². The van der Waals surface area contributed by atoms with E-state index in [-0.39, 0.29) is 18.5 Å². The van der Waals surface area contributed by atoms with E-state index in [9.17, 15) is 19.8 Å². The van der Waals surface area contributed by atoms with Crippen LogP contribution in [0.3, 0.4) is 0 Å². The maximum absolute atomic E-state index is 12.4. The summed E-state index contributed by atoms with van der Waals surface area (Å²) in [5.41, 5.74) is 0. The predicted octanol–water partition coefficient (Wildman–Crippen LogP) is 22.1. The van der Waals surface area contributed by atoms with Crippen molar-refractivity contribution in [3.63, 3.8) is 0 Å². The van der Waals surface area contributed by atoms with E-state index in [2.05, 4.69) is 31.3 Å². The van der Waals surface area contributed by atoms with Gasteiger partial charge in [-0.2, -0.15) is 0 Å². The van der Waals surface area contributed by atoms with Gasteiger partial charge in [0.15, 0.2) is 0 Å². The molecule has 0 bridgehead atoms. The Morgan fingerprint density at radius 3 is 0.934 bits per heavy atom. The zero-order valence-corrected chi connectivity index (χ0v) is 51.5. The maximum atomic E-state index is 12.4. The summed E-state index contributed by atoms with van der Waals surface area (Å²) >= 11 is 0. The van der Waals surface area contributed by atoms with Crippen molar-refractivity contribution < 1.29 is 24.5 Å². The van der Waals surface area contributed by atoms with Crippen LogP contribution in [-0.2, 0) is 14.3 Å². The molecule has 6 nitrogen and oxygen atoms in total. The molecule has 2 atom stereocenters. The smallest absolute Gasteiger partial charge is 0.305 e. The number of esters is 1. The van der Waals surface area contributed by atoms with E-state index in [1.807, 2.05) is 6.08 Å². The van der Waals surface area contributed by atoms with E-state index >= 15 is 0 Å². The molecule has 6 heteroatoms. The minimum atomic E-state index is -0.840. The van der Waals surface area contributed by atoms with Gasteiger partial charge in [0.2, 0.25) is 5.91 Å². The van der Waals surface area contributed by atoms with Gasteiger partial charge in [-0.3, -0.25) is 9.59 Å². The zero-order chi connectivity index (χ0) is 55.0. The lowest BCUT2D eigenvalue weighted by molar-refractivity contribution is -0.143. The second-order valence-corrected chi connectivity index (χ2v) is 23.9. The molecule has 1 amide bonds. The van der Waals surface area contributed by atoms with Crippen LogP contribution in [-0.4, -0.2) is 47.4 Å². The summed E-state index contributed by atoms with van der Waals surface area (Å²) in [6.45, 7) is 4.92. The van der Waals surface area contributed by atoms with E-state index in [4.69, 9.17) is 4.74 Å². The van der Waals surface area contributed by atoms with E-state index < -0.39 is 12.1 Å². The molecule has 3 N–H and O–H groups in total. The first-order valence-corrected chi connectivity index (χ1v) is 34.6. The zero-order valence-electron chi connectivity index (χ0n) is 51.5. The topological polar surface area (TPSA) is 95.9 Å². The predicted molar refractivity (Wildman–Crippen MR) is 333 cm³/mol. The number of aliphatic hydroxyl groups excluding tert-OH is 2. The van der Waals surface area contributed by atoms with Crippen molar-refractivity contribution in [2.24, 2.45) is 0 Å². The monoisotopic (exact) mass is 1070 g/mol. The summed E-state index contributed by atoms with van der Waals surface area (Å²) in [5, 5.41) is 23.1. The first-order chi connectivity index (χ1) is 37.5. The van der Waals surface area contributed by atoms with Crippen LogP contribution in [0.2, 0.25) is 0 Å². The summed E-state index contributed by atoms with van der Waals surface area (Å²) in [5.74, 6) is -0.0424. The van der Waals surface area contributed by atoms with Gasteiger partial charge < -0.3 is 20.3 Å². The lowest BCUT2D eigenvalue weighted by atomic mass is 10.0. The number of hydrogen-bond acceptors (Lipinski definition) is 5. The molecule has 0 fully saturated rings. The molecular weight excluding hydrogens is 935 g/mol. The molecule has 0 radical (unpaired) electrons. The van der Waals surface area contributed by atoms with Gasteiger partial charge in [0.05, 0.1) is 25.4 Å². The van der Waals surface area contributed by atoms with Crippen molar-refractivity contribution in [2.45, 2.75) is 398 Å². The highest BCUT2D eigenvalue weighted by Gasteiger charge is 2.18. The van der Waals surface area contributed by atoms with Gasteiger partial charge in [0, 0.05) is 12.8 Å². The van der Waals surface area contributed by atoms with Crippen molar-refractivity contribution in [2.75, 3.05) is 13.2 Å². The molecule has 0 saturated carbocycles. The van der Waals surface area contributed by atoms with Crippen LogP contribution in [0.1, 0.15) is 386 Å². The second-order valence-electron chi connectivity index (χ2n) is 23.9. The van der Waals surface area contributed by atoms with Crippen LogP contribution in [0.15, 0.2) is 24.3 Å². The average molecular weight is 1070 g/mol. The Balaban J connectivity index is 3.33. The SMILES string of the molecule is CCCCCCCCCCCC/C=C/C(O)C(CO)NC(=O)CCCCCCCCCCCCCCCCCCC/C=C\CCCCCCCCCCCCCCCCOC(=O)CCCCCCCCCCCCCC. The number of amides is 1. The minimum Gasteiger partial charge on any atom is -0.466 e. The van der Waals surface area contributed by atoms with Gasteiger partial charge in [-0.05, 0) is 57.8 Å². The number of nitrogens with one attached hydrogen (secondary N) is 1. The largest absolute Gasteiger partial charge is 0.466 e. The summed E-state index contributed by atoms with van der Waals surface area (Å²) in [6.07, 6.45) is 82.7. The summed E-state index contributed by atoms with van der Waals surface area (Å²) in [4.78, 5) is 24.5. The van der Waals surface area contributed by atoms with E-state index in [0.29, 0.717) is 19.4 Å². The number of carbonyl (C=O) groups excluding carboxylic acids is 2. The highest BCUT2D eigenvalue weighted by atomic mass is 16.5. The number of allylic oxidation sites excluding steroid dienone is 3. The molecule has 76 heavy (non-hydrogen) atoms. The lowest BCUT2D eigenvalue weighted by Crippen LogP contribution is -2.45. The van der Waals surface area contributed by atoms with Crippen LogP contribution in [0, 0.1) is 0 Å². The average Bonchev–Trinajstić information content (AvgIpc) is 3.42. The van der Waals surface area contributed by atoms with Crippen molar-refractivity contribution in [3.05, 3.63) is 24.3 Å². The summed E-state index contributed by atoms with van der Waals surface area (Å²) in [7, 11) is 0. The molecule has 0 rings (SSSR count). The number of hydrogen-bond donors (Lipinski definition) is 3. The van der Waals surface area contributed by atoms with Crippen molar-refractivity contribution in [1.82, 2.24) is 5.32 Å². The Kier molecular flexibility index (Phi) is 64.4. The third kappa shape index (κ3) is 61.6. The van der Waals surface area contributed by atoms with Gasteiger partial charge in [-0.25, -0.2) is 0 Å². The lowest BCUT2D eigenvalue weighted by Gasteiger charge is -2.20. The first-order valence-electron chi connectivity index (χ1n) is 34.6. The number of rotatable bonds is 65. The number of ether oxygens (including phenoxy) is 1. The second kappa shape index (κ2) is 65.9. The Morgan fingerprint density at radius 1 is 0.355 bits per heavy atom. The quantitative estimate of drug-likeness (QED) is 0.0320. The third-order valence-electron chi connectivity index (χ3n) is 16.2. The Labute approximate surface area is 475 Å². The number of carbonyl (C=O) groups is 2. The molecule has 0 aliphatic carbocycles. The van der Waals surface area contributed by atoms with Gasteiger partial charge >= 0.3 is 5.97 Å². The van der Waals surface area contributed by atoms with Crippen molar-refractivity contribution >= 4 is 11.9 Å². The summed E-state index contributed by atoms with van der Waals surface area (Å²) in [6, 6.07) is -0.623. The maximum Gasteiger partial charge on any atom is 0.305 e. The van der Waals surface area contributed by atoms with Crippen LogP contribution >= 0.6 is 0 Å². The molecule has 0 aliphatic heterocycles. The van der Waals surface area contributed by atoms with Gasteiger partial charge in [0.25, 0.3) is 0 Å². The van der Waals surface area contributed by atoms with Gasteiger partial charge in [-0.1, -0.05) is 340 Å². The number of aliphatic hydroxyl groups is 2. The molecule has 0 saturated heterocycles. The summed E-state index contributed by atoms with van der Waals surface area (Å²) < 4.78 is 5.48. The Bertz CT molecular complexity index is 1190. The molecule has 0 aromatic heterocycles. The third-order valence-corrected chi connectivity index (χ3v) is 16.2. The fourth-order valence-corrected chi connectivity index (χ4v) is 10.9. The molecule has 0 heterocycles. The van der Waals surface area contributed by atoms with E-state index in [0.717, 1.165) is 38.5 Å². The fraction of sp³-hybridized carbons (Fsp3) is 0.914. The van der Waals surface area contributed by atoms with Crippen LogP contribution in [0.5, 0.6) is 0 Å². The molecule has 0 aliphatic rings. The Hall–Kier alpha value is -1.66. The van der Waals surface area contributed by atoms with E-state index in [1.54, 1.807) is 6.08 Å². The van der Waals surface area contributed by atoms with Crippen molar-refractivity contribution in [1.29, 1.82) is 0 Å². The minimum absolute atomic E-state index is 0.0211. The normalized spacial score (nSPS) is 12.6. The highest BCUT2D eigenvalue weighted by molar-refractivity contribution is 5.76. The fourth-order valence-electron chi connectivity index (χ4n) is 10.9. The highest BCUT2D eigenvalue weighted by Crippen LogP contribution is 2.18. The van der Waals surface area contributed by atoms with Gasteiger partial charge in [0.1, 0.15) is 0 Å². The Morgan fingerprint density at radius 2 is 0.618 bits per heavy atom. The standard InChI is InChI=1S/C70H135NO5/c1-3-5-7-9-11-13-15-42-46-50-54-58-62-68(73)67(66-72)71-69(74)63-59-55-51-47-43-40-38-36-34-32-30-28-26-24-22-20-18-17-19-21-23-25-27-29-31-33-35-37-39-41-45-49-53-57-61-65-76-70(75)64-60-56-52-48-44-16-14-12-10-8-6-4-2/h19,21,58,62,67-68,72-73H,3-18,20,22-57,59-61,63-66H2,1-2H3,(H,71,74)/b21-19-,62-58+. The van der Waals surface area contributed by atoms with Crippen molar-refractivity contribution in [3.8, 4) is 0 Å². The van der Waals surface area contributed by atoms with Gasteiger partial charge in [-0.15, -0.1) is 0 Å². The molecule has 0 aromatic carbocycles. The molecule has 0 spiro atoms. The molecule has 0 aromatic rings. The first kappa shape index (κ1) is 74.3. The van der Waals surface area contributed by atoms with E-state index in [1.165, 1.54) is 321 Å². The number of unbranched alkanes of at least 4 members (excludes halogenated alkanes) is 52. The molecular formula is C70H135NO5. The molecule has 2 unspecified atom stereocenters.